The highest BCUT2D eigenvalue weighted by Crippen LogP contribution is 2.39. The van der Waals surface area contributed by atoms with E-state index in [1.807, 2.05) is 0 Å². The van der Waals surface area contributed by atoms with Crippen molar-refractivity contribution in [2.24, 2.45) is 0 Å². The zero-order chi connectivity index (χ0) is 17.0. The Labute approximate surface area is 149 Å². The summed E-state index contributed by atoms with van der Waals surface area (Å²) in [7, 11) is -1.61. The third-order valence-corrected chi connectivity index (χ3v) is 8.47. The Bertz CT molecular complexity index is 1060. The average Bonchev–Trinajstić information content (AvgIpc) is 2.99. The summed E-state index contributed by atoms with van der Waals surface area (Å²) in [4.78, 5) is 0. The van der Waals surface area contributed by atoms with Crippen LogP contribution in [0.3, 0.4) is 0 Å². The molecule has 1 aliphatic heterocycles. The first-order valence-electron chi connectivity index (χ1n) is 8.94. The van der Waals surface area contributed by atoms with Crippen molar-refractivity contribution in [3.8, 4) is 16.8 Å². The average molecular weight is 340 g/mol. The van der Waals surface area contributed by atoms with Gasteiger partial charge in [0.05, 0.1) is 5.52 Å². The van der Waals surface area contributed by atoms with Crippen molar-refractivity contribution in [2.75, 3.05) is 0 Å². The molecule has 0 spiro atoms. The van der Waals surface area contributed by atoms with E-state index in [1.165, 1.54) is 39.3 Å². The van der Waals surface area contributed by atoms with Crippen LogP contribution < -0.4 is 5.32 Å². The molecule has 0 amide bonds. The number of rotatable bonds is 1. The lowest BCUT2D eigenvalue weighted by molar-refractivity contribution is 1.14. The maximum absolute atomic E-state index is 2.53. The zero-order valence-electron chi connectivity index (χ0n) is 14.7. The molecule has 122 valence electrons. The van der Waals surface area contributed by atoms with Gasteiger partial charge in [-0.05, 0) is 35.4 Å². The number of hydrogen-bond acceptors (Lipinski definition) is 0. The van der Waals surface area contributed by atoms with Crippen LogP contribution in [0.4, 0.5) is 0 Å². The fraction of sp³-hybridized carbons (Fsp3) is 0.130. The minimum absolute atomic E-state index is 1.21. The molecule has 0 saturated heterocycles. The number of hydrogen-bond donors (Lipinski definition) is 0. The summed E-state index contributed by atoms with van der Waals surface area (Å²) < 4.78 is 2.53. The fourth-order valence-corrected chi connectivity index (χ4v) is 7.71. The van der Waals surface area contributed by atoms with E-state index in [4.69, 9.17) is 0 Å². The summed E-state index contributed by atoms with van der Waals surface area (Å²) >= 11 is 0. The Morgan fingerprint density at radius 1 is 0.760 bits per heavy atom. The van der Waals surface area contributed by atoms with Gasteiger partial charge in [-0.25, -0.2) is 0 Å². The van der Waals surface area contributed by atoms with E-state index >= 15 is 0 Å². The second kappa shape index (κ2) is 5.20. The van der Waals surface area contributed by atoms with Crippen molar-refractivity contribution in [3.63, 3.8) is 0 Å². The highest BCUT2D eigenvalue weighted by atomic mass is 28.3. The highest BCUT2D eigenvalue weighted by molar-refractivity contribution is 6.90. The molecule has 0 unspecified atom stereocenters. The van der Waals surface area contributed by atoms with Crippen LogP contribution in [-0.4, -0.2) is 12.6 Å². The van der Waals surface area contributed by atoms with Crippen LogP contribution in [0.25, 0.3) is 27.7 Å². The number of fused-ring (bicyclic) bond motifs is 5. The summed E-state index contributed by atoms with van der Waals surface area (Å²) in [6.07, 6.45) is 0. The third-order valence-electron chi connectivity index (χ3n) is 5.45. The summed E-state index contributed by atoms with van der Waals surface area (Å²) in [5.41, 5.74) is 7.02. The van der Waals surface area contributed by atoms with E-state index < -0.39 is 8.07 Å². The molecule has 0 atom stereocenters. The molecule has 0 radical (unpaired) electrons. The van der Waals surface area contributed by atoms with E-state index in [2.05, 4.69) is 96.5 Å². The number of aromatic nitrogens is 1. The Hall–Kier alpha value is -2.58. The molecule has 3 aromatic carbocycles. The molecule has 1 nitrogen and oxygen atoms in total. The second-order valence-corrected chi connectivity index (χ2v) is 12.2. The minimum atomic E-state index is -1.61. The van der Waals surface area contributed by atoms with Crippen molar-refractivity contribution in [3.05, 3.63) is 84.4 Å². The molecule has 2 heteroatoms. The van der Waals surface area contributed by atoms with Gasteiger partial charge < -0.3 is 4.57 Å². The lowest BCUT2D eigenvalue weighted by Crippen LogP contribution is -2.50. The maximum Gasteiger partial charge on any atom is 0.107 e. The smallest absolute Gasteiger partial charge is 0.107 e. The zero-order valence-corrected chi connectivity index (χ0v) is 15.7. The molecule has 4 aromatic rings. The lowest BCUT2D eigenvalue weighted by Gasteiger charge is -2.32. The number of benzene rings is 3. The second-order valence-electron chi connectivity index (χ2n) is 7.63. The van der Waals surface area contributed by atoms with E-state index in [0.717, 1.165) is 0 Å². The molecular formula is C23H21NSi. The van der Waals surface area contributed by atoms with E-state index in [9.17, 15) is 0 Å². The molecule has 5 rings (SSSR count). The molecule has 0 saturated carbocycles. The van der Waals surface area contributed by atoms with Crippen LogP contribution in [0, 0.1) is 0 Å². The van der Waals surface area contributed by atoms with Crippen molar-refractivity contribution < 1.29 is 0 Å². The van der Waals surface area contributed by atoms with E-state index in [-0.39, 0.29) is 0 Å². The predicted molar refractivity (Wildman–Crippen MR) is 110 cm³/mol. The van der Waals surface area contributed by atoms with Gasteiger partial charge in [0.25, 0.3) is 0 Å². The van der Waals surface area contributed by atoms with Crippen molar-refractivity contribution in [1.82, 2.24) is 4.57 Å². The maximum atomic E-state index is 2.53. The monoisotopic (exact) mass is 339 g/mol. The molecule has 0 aliphatic carbocycles. The standard InChI is InChI=1S/C23H21NSi/c1-25(2)16-17-10-6-7-13-19(17)22-20-14-8-9-15-21(20)24(23(22)25)18-11-4-3-5-12-18/h3-15H,16H2,1-2H3. The first-order chi connectivity index (χ1) is 12.2. The van der Waals surface area contributed by atoms with Crippen LogP contribution >= 0.6 is 0 Å². The Balaban J connectivity index is 1.99. The molecule has 0 fully saturated rings. The lowest BCUT2D eigenvalue weighted by atomic mass is 9.99. The van der Waals surface area contributed by atoms with Gasteiger partial charge in [-0.1, -0.05) is 73.8 Å². The van der Waals surface area contributed by atoms with E-state index in [0.29, 0.717) is 0 Å². The van der Waals surface area contributed by atoms with Crippen LogP contribution in [0.2, 0.25) is 13.1 Å². The minimum Gasteiger partial charge on any atom is -0.317 e. The molecule has 1 aromatic heterocycles. The molecular weight excluding hydrogens is 318 g/mol. The van der Waals surface area contributed by atoms with Gasteiger partial charge in [-0.3, -0.25) is 0 Å². The Morgan fingerprint density at radius 3 is 2.28 bits per heavy atom. The van der Waals surface area contributed by atoms with Gasteiger partial charge >= 0.3 is 0 Å². The normalized spacial score (nSPS) is 15.0. The molecule has 2 heterocycles. The highest BCUT2D eigenvalue weighted by Gasteiger charge is 2.38. The topological polar surface area (TPSA) is 4.93 Å². The fourth-order valence-electron chi connectivity index (χ4n) is 4.48. The molecule has 0 N–H and O–H groups in total. The van der Waals surface area contributed by atoms with Gasteiger partial charge in [0, 0.05) is 22.0 Å². The van der Waals surface area contributed by atoms with Gasteiger partial charge in [0.15, 0.2) is 0 Å². The first-order valence-corrected chi connectivity index (χ1v) is 12.2. The summed E-state index contributed by atoms with van der Waals surface area (Å²) in [6, 6.07) is 29.9. The quantitative estimate of drug-likeness (QED) is 0.414. The van der Waals surface area contributed by atoms with Crippen LogP contribution in [0.5, 0.6) is 0 Å². The molecule has 25 heavy (non-hydrogen) atoms. The SMILES string of the molecule is C[Si]1(C)Cc2ccccc2-c2c1n(-c1ccccc1)c1ccccc21. The Kier molecular flexibility index (Phi) is 3.07. The third kappa shape index (κ3) is 2.07. The van der Waals surface area contributed by atoms with E-state index in [1.54, 1.807) is 5.32 Å². The van der Waals surface area contributed by atoms with Crippen molar-refractivity contribution >= 4 is 24.3 Å². The first kappa shape index (κ1) is 14.7. The van der Waals surface area contributed by atoms with Gasteiger partial charge in [0.2, 0.25) is 0 Å². The van der Waals surface area contributed by atoms with Crippen LogP contribution in [0.1, 0.15) is 5.56 Å². The molecule has 1 aliphatic rings. The van der Waals surface area contributed by atoms with Gasteiger partial charge in [0.1, 0.15) is 8.07 Å². The summed E-state index contributed by atoms with van der Waals surface area (Å²) in [5, 5.41) is 2.95. The largest absolute Gasteiger partial charge is 0.317 e. The summed E-state index contributed by atoms with van der Waals surface area (Å²) in [6.45, 7) is 5.03. The molecule has 0 bridgehead atoms. The predicted octanol–water partition coefficient (Wildman–Crippen LogP) is 5.31. The number of nitrogens with zero attached hydrogens (tertiary/aromatic N) is 1. The van der Waals surface area contributed by atoms with Crippen LogP contribution in [-0.2, 0) is 6.04 Å². The van der Waals surface area contributed by atoms with Gasteiger partial charge in [-0.2, -0.15) is 0 Å². The summed E-state index contributed by atoms with van der Waals surface area (Å²) in [5.74, 6) is 0. The number of para-hydroxylation sites is 2. The van der Waals surface area contributed by atoms with Crippen LogP contribution in [0.15, 0.2) is 78.9 Å². The van der Waals surface area contributed by atoms with Crippen molar-refractivity contribution in [2.45, 2.75) is 19.1 Å². The van der Waals surface area contributed by atoms with Gasteiger partial charge in [-0.15, -0.1) is 0 Å². The Morgan fingerprint density at radius 2 is 1.44 bits per heavy atom. The van der Waals surface area contributed by atoms with Crippen molar-refractivity contribution in [1.29, 1.82) is 0 Å².